The van der Waals surface area contributed by atoms with Crippen molar-refractivity contribution < 1.29 is 19.7 Å². The van der Waals surface area contributed by atoms with Gasteiger partial charge in [0.2, 0.25) is 0 Å². The second-order valence-corrected chi connectivity index (χ2v) is 12.9. The van der Waals surface area contributed by atoms with E-state index in [2.05, 4.69) is 30.6 Å². The molecule has 39 heavy (non-hydrogen) atoms. The highest BCUT2D eigenvalue weighted by Gasteiger charge is 2.73. The van der Waals surface area contributed by atoms with Crippen molar-refractivity contribution in [3.63, 3.8) is 0 Å². The Labute approximate surface area is 231 Å². The number of amides is 1. The number of aliphatic hydroxyl groups is 1. The summed E-state index contributed by atoms with van der Waals surface area (Å²) in [6, 6.07) is 13.1. The number of benzene rings is 2. The van der Waals surface area contributed by atoms with E-state index in [4.69, 9.17) is 4.74 Å². The molecule has 3 fully saturated rings. The average Bonchev–Trinajstić information content (AvgIpc) is 3.67. The number of phenols is 1. The highest BCUT2D eigenvalue weighted by molar-refractivity contribution is 5.94. The van der Waals surface area contributed by atoms with Gasteiger partial charge in [0.1, 0.15) is 6.10 Å². The largest absolute Gasteiger partial charge is 0.504 e. The van der Waals surface area contributed by atoms with Gasteiger partial charge in [0, 0.05) is 36.2 Å². The molecule has 3 aliphatic carbocycles. The van der Waals surface area contributed by atoms with E-state index in [9.17, 15) is 15.0 Å². The van der Waals surface area contributed by atoms with E-state index in [-0.39, 0.29) is 29.7 Å². The third kappa shape index (κ3) is 3.73. The molecule has 1 saturated heterocycles. The van der Waals surface area contributed by atoms with E-state index in [0.717, 1.165) is 43.0 Å². The third-order valence-electron chi connectivity index (χ3n) is 10.0. The Morgan fingerprint density at radius 2 is 1.95 bits per heavy atom. The minimum absolute atomic E-state index is 0.0222. The monoisotopic (exact) mass is 526 g/mol. The van der Waals surface area contributed by atoms with Gasteiger partial charge in [0.25, 0.3) is 5.91 Å². The second kappa shape index (κ2) is 9.01. The van der Waals surface area contributed by atoms with E-state index >= 15 is 0 Å². The molecule has 6 heteroatoms. The molecule has 2 N–H and O–H groups in total. The normalized spacial score (nSPS) is 32.2. The molecule has 204 valence electrons. The average molecular weight is 527 g/mol. The van der Waals surface area contributed by atoms with Crippen LogP contribution in [0.25, 0.3) is 0 Å². The molecule has 1 amide bonds. The van der Waals surface area contributed by atoms with Crippen LogP contribution in [0.2, 0.25) is 0 Å². The summed E-state index contributed by atoms with van der Waals surface area (Å²) in [4.78, 5) is 18.2. The molecular formula is C33H38N2O4. The summed E-state index contributed by atoms with van der Waals surface area (Å²) >= 11 is 0. The van der Waals surface area contributed by atoms with Crippen molar-refractivity contribution in [3.8, 4) is 23.3 Å². The summed E-state index contributed by atoms with van der Waals surface area (Å²) in [5.41, 5.74) is 1.37. The van der Waals surface area contributed by atoms with Crippen LogP contribution in [-0.2, 0) is 16.6 Å². The van der Waals surface area contributed by atoms with Crippen LogP contribution in [0.15, 0.2) is 42.5 Å². The maximum atomic E-state index is 13.7. The topological polar surface area (TPSA) is 73.2 Å². The third-order valence-corrected chi connectivity index (χ3v) is 10.0. The van der Waals surface area contributed by atoms with Gasteiger partial charge in [-0.25, -0.2) is 0 Å². The van der Waals surface area contributed by atoms with E-state index < -0.39 is 17.1 Å². The summed E-state index contributed by atoms with van der Waals surface area (Å²) in [5.74, 6) is 7.40. The minimum Gasteiger partial charge on any atom is -0.504 e. The van der Waals surface area contributed by atoms with Gasteiger partial charge < -0.3 is 19.8 Å². The number of hydrogen-bond donors (Lipinski definition) is 2. The van der Waals surface area contributed by atoms with Gasteiger partial charge in [0.15, 0.2) is 11.5 Å². The SMILES string of the molecule is CC(C)CN(C(=O)C#Cc1ccccc1)C1CC[C@@]2(O)[C@H]3Cc4ccc(O)c5c4[C@@]2(CCN3CC2CC2)[C@H]1O5. The van der Waals surface area contributed by atoms with Crippen molar-refractivity contribution in [2.45, 2.75) is 81.6 Å². The van der Waals surface area contributed by atoms with E-state index in [1.807, 2.05) is 41.3 Å². The molecule has 5 atom stereocenters. The first kappa shape index (κ1) is 25.0. The molecule has 2 aromatic rings. The van der Waals surface area contributed by atoms with Gasteiger partial charge in [-0.15, -0.1) is 0 Å². The van der Waals surface area contributed by atoms with Crippen LogP contribution in [0.3, 0.4) is 0 Å². The predicted molar refractivity (Wildman–Crippen MR) is 148 cm³/mol. The number of nitrogens with zero attached hydrogens (tertiary/aromatic N) is 2. The Bertz CT molecular complexity index is 1360. The van der Waals surface area contributed by atoms with Crippen molar-refractivity contribution in [3.05, 3.63) is 59.2 Å². The van der Waals surface area contributed by atoms with Crippen molar-refractivity contribution in [1.82, 2.24) is 9.80 Å². The van der Waals surface area contributed by atoms with Crippen LogP contribution in [0, 0.1) is 23.7 Å². The van der Waals surface area contributed by atoms with Crippen molar-refractivity contribution >= 4 is 5.91 Å². The van der Waals surface area contributed by atoms with Gasteiger partial charge in [0.05, 0.1) is 17.1 Å². The zero-order valence-electron chi connectivity index (χ0n) is 22.9. The van der Waals surface area contributed by atoms with Crippen molar-refractivity contribution in [2.24, 2.45) is 11.8 Å². The number of aromatic hydroxyl groups is 1. The summed E-state index contributed by atoms with van der Waals surface area (Å²) in [6.45, 7) is 6.74. The molecule has 7 rings (SSSR count). The lowest BCUT2D eigenvalue weighted by molar-refractivity contribution is -0.201. The zero-order valence-corrected chi connectivity index (χ0v) is 22.9. The Balaban J connectivity index is 1.30. The number of phenolic OH excluding ortho intramolecular Hbond substituents is 1. The van der Waals surface area contributed by atoms with Crippen molar-refractivity contribution in [2.75, 3.05) is 19.6 Å². The Hall–Kier alpha value is -3.01. The summed E-state index contributed by atoms with van der Waals surface area (Å²) < 4.78 is 6.72. The molecule has 6 nitrogen and oxygen atoms in total. The lowest BCUT2D eigenvalue weighted by atomic mass is 9.48. The molecule has 5 aliphatic rings. The maximum absolute atomic E-state index is 13.7. The van der Waals surface area contributed by atoms with Gasteiger partial charge in [-0.3, -0.25) is 9.69 Å². The van der Waals surface area contributed by atoms with Crippen LogP contribution in [0.1, 0.15) is 62.6 Å². The fourth-order valence-corrected chi connectivity index (χ4v) is 8.26. The van der Waals surface area contributed by atoms with Crippen LogP contribution in [0.5, 0.6) is 11.5 Å². The van der Waals surface area contributed by atoms with Gasteiger partial charge >= 0.3 is 0 Å². The number of carbonyl (C=O) groups excluding carboxylic acids is 1. The van der Waals surface area contributed by atoms with Crippen LogP contribution < -0.4 is 4.74 Å². The highest BCUT2D eigenvalue weighted by Crippen LogP contribution is 2.66. The van der Waals surface area contributed by atoms with Crippen LogP contribution in [0.4, 0.5) is 0 Å². The summed E-state index contributed by atoms with van der Waals surface area (Å²) in [5, 5.41) is 23.7. The number of hydrogen-bond acceptors (Lipinski definition) is 5. The van der Waals surface area contributed by atoms with Crippen LogP contribution >= 0.6 is 0 Å². The fraction of sp³-hybridized carbons (Fsp3) is 0.545. The number of rotatable bonds is 5. The molecule has 2 bridgehead atoms. The molecule has 1 unspecified atom stereocenters. The molecule has 2 aliphatic heterocycles. The minimum atomic E-state index is -0.963. The standard InChI is InChI=1S/C33H38N2O4/c1-21(2)19-35(28(37)13-10-22-6-4-3-5-7-22)25-14-15-33(38)27-18-24-11-12-26(36)30-29(24)32(33,31(25)39-30)16-17-34(27)20-23-8-9-23/h3-7,11-12,21,23,25,27,31,36,38H,8-9,14-20H2,1-2H3/t25?,27-,31+,32+,33-/m1/s1. The second-order valence-electron chi connectivity index (χ2n) is 12.9. The number of likely N-dealkylation sites (tertiary alicyclic amines) is 1. The Morgan fingerprint density at radius 1 is 1.15 bits per heavy atom. The van der Waals surface area contributed by atoms with E-state index in [0.29, 0.717) is 25.1 Å². The van der Waals surface area contributed by atoms with Crippen molar-refractivity contribution in [1.29, 1.82) is 0 Å². The number of piperidine rings is 1. The first-order chi connectivity index (χ1) is 18.8. The van der Waals surface area contributed by atoms with Crippen LogP contribution in [-0.4, -0.2) is 69.3 Å². The number of ether oxygens (including phenoxy) is 1. The van der Waals surface area contributed by atoms with Gasteiger partial charge in [-0.05, 0) is 80.7 Å². The zero-order chi connectivity index (χ0) is 26.9. The molecule has 2 aromatic carbocycles. The summed E-state index contributed by atoms with van der Waals surface area (Å²) in [6.07, 6.45) is 4.92. The first-order valence-electron chi connectivity index (χ1n) is 14.7. The quantitative estimate of drug-likeness (QED) is 0.579. The lowest BCUT2D eigenvalue weighted by Gasteiger charge is -2.64. The molecular weight excluding hydrogens is 488 g/mol. The lowest BCUT2D eigenvalue weighted by Crippen LogP contribution is -2.78. The molecule has 1 spiro atoms. The van der Waals surface area contributed by atoms with Gasteiger partial charge in [-0.1, -0.05) is 44.0 Å². The first-order valence-corrected chi connectivity index (χ1v) is 14.7. The predicted octanol–water partition coefficient (Wildman–Crippen LogP) is 3.86. The Kier molecular flexibility index (Phi) is 5.77. The molecule has 0 radical (unpaired) electrons. The molecule has 0 aromatic heterocycles. The van der Waals surface area contributed by atoms with E-state index in [1.165, 1.54) is 18.4 Å². The van der Waals surface area contributed by atoms with E-state index in [1.54, 1.807) is 6.07 Å². The van der Waals surface area contributed by atoms with Gasteiger partial charge in [-0.2, -0.15) is 0 Å². The fourth-order valence-electron chi connectivity index (χ4n) is 8.26. The summed E-state index contributed by atoms with van der Waals surface area (Å²) in [7, 11) is 0. The highest BCUT2D eigenvalue weighted by atomic mass is 16.5. The molecule has 2 saturated carbocycles. The maximum Gasteiger partial charge on any atom is 0.299 e. The smallest absolute Gasteiger partial charge is 0.299 e. The number of carbonyl (C=O) groups is 1. The molecule has 2 heterocycles. The Morgan fingerprint density at radius 3 is 2.69 bits per heavy atom.